The van der Waals surface area contributed by atoms with E-state index in [2.05, 4.69) is 5.32 Å². The van der Waals surface area contributed by atoms with Crippen LogP contribution in [0.2, 0.25) is 0 Å². The minimum absolute atomic E-state index is 0. The monoisotopic (exact) mass is 246 g/mol. The van der Waals surface area contributed by atoms with E-state index in [4.69, 9.17) is 10.5 Å². The van der Waals surface area contributed by atoms with E-state index in [1.165, 1.54) is 6.92 Å². The molecule has 0 saturated heterocycles. The summed E-state index contributed by atoms with van der Waals surface area (Å²) in [5, 5.41) is 2.06. The van der Waals surface area contributed by atoms with Gasteiger partial charge in [0.05, 0.1) is 13.1 Å². The number of halogens is 3. The molecule has 0 aromatic heterocycles. The van der Waals surface area contributed by atoms with E-state index < -0.39 is 31.0 Å². The van der Waals surface area contributed by atoms with Gasteiger partial charge in [0, 0.05) is 6.61 Å². The maximum absolute atomic E-state index is 12.6. The van der Waals surface area contributed by atoms with Crippen molar-refractivity contribution < 1.29 is 18.3 Å². The van der Waals surface area contributed by atoms with Gasteiger partial charge in [-0.1, -0.05) is 0 Å². The van der Waals surface area contributed by atoms with Gasteiger partial charge in [0.2, 0.25) is 5.91 Å². The van der Waals surface area contributed by atoms with E-state index in [0.29, 0.717) is 6.61 Å². The Labute approximate surface area is 93.9 Å². The summed E-state index contributed by atoms with van der Waals surface area (Å²) in [7, 11) is 0. The molecule has 0 saturated carbocycles. The Morgan fingerprint density at radius 3 is 2.53 bits per heavy atom. The first kappa shape index (κ1) is 17.0. The second kappa shape index (κ2) is 7.78. The zero-order valence-electron chi connectivity index (χ0n) is 8.76. The summed E-state index contributed by atoms with van der Waals surface area (Å²) in [5.74, 6) is -3.61. The molecule has 0 aliphatic carbocycles. The molecular formula is C8H17ClF2N2O2. The lowest BCUT2D eigenvalue weighted by molar-refractivity contribution is -0.133. The van der Waals surface area contributed by atoms with Crippen LogP contribution in [0.4, 0.5) is 8.78 Å². The number of ether oxygens (including phenoxy) is 1. The summed E-state index contributed by atoms with van der Waals surface area (Å²) in [4.78, 5) is 11.1. The Kier molecular flexibility index (Phi) is 8.80. The maximum atomic E-state index is 12.6. The number of amides is 1. The van der Waals surface area contributed by atoms with E-state index in [1.807, 2.05) is 0 Å². The predicted octanol–water partition coefficient (Wildman–Crippen LogP) is 0.543. The second-order valence-corrected chi connectivity index (χ2v) is 2.88. The fraction of sp³-hybridized carbons (Fsp3) is 0.875. The van der Waals surface area contributed by atoms with Crippen LogP contribution < -0.4 is 11.1 Å². The minimum Gasteiger partial charge on any atom is -0.369 e. The number of nitrogens with one attached hydrogen (secondary N) is 1. The molecule has 4 nitrogen and oxygen atoms in total. The molecule has 0 heterocycles. The van der Waals surface area contributed by atoms with Gasteiger partial charge >= 0.3 is 0 Å². The molecule has 15 heavy (non-hydrogen) atoms. The van der Waals surface area contributed by atoms with E-state index in [1.54, 1.807) is 6.92 Å². The fourth-order valence-electron chi connectivity index (χ4n) is 0.758. The van der Waals surface area contributed by atoms with E-state index >= 15 is 0 Å². The van der Waals surface area contributed by atoms with Crippen molar-refractivity contribution in [3.05, 3.63) is 0 Å². The van der Waals surface area contributed by atoms with Crippen LogP contribution in [0.25, 0.3) is 0 Å². The van der Waals surface area contributed by atoms with Gasteiger partial charge in [-0.2, -0.15) is 0 Å². The van der Waals surface area contributed by atoms with Crippen LogP contribution >= 0.6 is 12.4 Å². The number of carbonyl (C=O) groups is 1. The van der Waals surface area contributed by atoms with Crippen molar-refractivity contribution in [3.8, 4) is 0 Å². The Bertz CT molecular complexity index is 193. The first-order valence-electron chi connectivity index (χ1n) is 4.40. The molecule has 0 aliphatic rings. The van der Waals surface area contributed by atoms with Crippen molar-refractivity contribution >= 4 is 18.3 Å². The SMILES string of the molecule is CCOC(C)C(=O)NCC(F)(F)CN.Cl. The van der Waals surface area contributed by atoms with Gasteiger partial charge in [-0.05, 0) is 13.8 Å². The summed E-state index contributed by atoms with van der Waals surface area (Å²) >= 11 is 0. The van der Waals surface area contributed by atoms with E-state index in [-0.39, 0.29) is 12.4 Å². The van der Waals surface area contributed by atoms with Crippen molar-refractivity contribution in [3.63, 3.8) is 0 Å². The van der Waals surface area contributed by atoms with Gasteiger partial charge in [0.15, 0.2) is 0 Å². The molecule has 1 atom stereocenters. The number of rotatable bonds is 6. The third-order valence-corrected chi connectivity index (χ3v) is 1.61. The lowest BCUT2D eigenvalue weighted by Crippen LogP contribution is -2.44. The smallest absolute Gasteiger partial charge is 0.277 e. The second-order valence-electron chi connectivity index (χ2n) is 2.88. The molecule has 0 bridgehead atoms. The summed E-state index contributed by atoms with van der Waals surface area (Å²) in [5.41, 5.74) is 4.79. The first-order valence-corrected chi connectivity index (χ1v) is 4.40. The largest absolute Gasteiger partial charge is 0.369 e. The number of nitrogens with two attached hydrogens (primary N) is 1. The zero-order valence-corrected chi connectivity index (χ0v) is 9.57. The van der Waals surface area contributed by atoms with Crippen LogP contribution in [0.15, 0.2) is 0 Å². The maximum Gasteiger partial charge on any atom is 0.277 e. The van der Waals surface area contributed by atoms with Gasteiger partial charge in [-0.3, -0.25) is 4.79 Å². The van der Waals surface area contributed by atoms with Crippen LogP contribution in [0, 0.1) is 0 Å². The highest BCUT2D eigenvalue weighted by Crippen LogP contribution is 2.08. The Balaban J connectivity index is 0. The Morgan fingerprint density at radius 1 is 1.60 bits per heavy atom. The molecule has 0 fully saturated rings. The van der Waals surface area contributed by atoms with Crippen molar-refractivity contribution in [1.29, 1.82) is 0 Å². The lowest BCUT2D eigenvalue weighted by Gasteiger charge is -2.16. The van der Waals surface area contributed by atoms with Crippen molar-refractivity contribution in [2.45, 2.75) is 25.9 Å². The molecule has 0 rings (SSSR count). The third-order valence-electron chi connectivity index (χ3n) is 1.61. The topological polar surface area (TPSA) is 64.3 Å². The Hall–Kier alpha value is -0.460. The van der Waals surface area contributed by atoms with Gasteiger partial charge in [0.25, 0.3) is 5.92 Å². The highest BCUT2D eigenvalue weighted by molar-refractivity contribution is 5.85. The van der Waals surface area contributed by atoms with Crippen molar-refractivity contribution in [2.24, 2.45) is 5.73 Å². The summed E-state index contributed by atoms with van der Waals surface area (Å²) in [6.45, 7) is 2.05. The molecule has 0 aliphatic heterocycles. The summed E-state index contributed by atoms with van der Waals surface area (Å²) in [6.07, 6.45) is -0.714. The molecule has 0 radical (unpaired) electrons. The average Bonchev–Trinajstić information content (AvgIpc) is 2.15. The third kappa shape index (κ3) is 7.47. The van der Waals surface area contributed by atoms with E-state index in [0.717, 1.165) is 0 Å². The first-order chi connectivity index (χ1) is 6.43. The highest BCUT2D eigenvalue weighted by atomic mass is 35.5. The molecule has 1 unspecified atom stereocenters. The van der Waals surface area contributed by atoms with Gasteiger partial charge in [0.1, 0.15) is 6.10 Å². The van der Waals surface area contributed by atoms with Gasteiger partial charge in [-0.25, -0.2) is 8.78 Å². The average molecular weight is 247 g/mol. The van der Waals surface area contributed by atoms with Crippen LogP contribution in [-0.2, 0) is 9.53 Å². The zero-order chi connectivity index (χ0) is 11.2. The van der Waals surface area contributed by atoms with Crippen molar-refractivity contribution in [1.82, 2.24) is 5.32 Å². The molecule has 3 N–H and O–H groups in total. The number of carbonyl (C=O) groups excluding carboxylic acids is 1. The molecule has 7 heteroatoms. The minimum atomic E-state index is -3.05. The highest BCUT2D eigenvalue weighted by Gasteiger charge is 2.28. The van der Waals surface area contributed by atoms with Crippen molar-refractivity contribution in [2.75, 3.05) is 19.7 Å². The van der Waals surface area contributed by atoms with Crippen LogP contribution in [0.1, 0.15) is 13.8 Å². The summed E-state index contributed by atoms with van der Waals surface area (Å²) in [6, 6.07) is 0. The van der Waals surface area contributed by atoms with Gasteiger partial charge in [-0.15, -0.1) is 12.4 Å². The molecule has 1 amide bonds. The van der Waals surface area contributed by atoms with Gasteiger partial charge < -0.3 is 15.8 Å². The molecule has 92 valence electrons. The van der Waals surface area contributed by atoms with Crippen LogP contribution in [-0.4, -0.2) is 37.6 Å². The lowest BCUT2D eigenvalue weighted by atomic mass is 10.3. The van der Waals surface area contributed by atoms with E-state index in [9.17, 15) is 13.6 Å². The Morgan fingerprint density at radius 2 is 2.13 bits per heavy atom. The fourth-order valence-corrected chi connectivity index (χ4v) is 0.758. The predicted molar refractivity (Wildman–Crippen MR) is 55.3 cm³/mol. The van der Waals surface area contributed by atoms with Crippen LogP contribution in [0.5, 0.6) is 0 Å². The number of hydrogen-bond acceptors (Lipinski definition) is 3. The molecule has 0 aromatic carbocycles. The standard InChI is InChI=1S/C8H16F2N2O2.ClH/c1-3-14-6(2)7(13)12-5-8(9,10)4-11;/h6H,3-5,11H2,1-2H3,(H,12,13);1H. The normalized spacial score (nSPS) is 12.9. The number of hydrogen-bond donors (Lipinski definition) is 2. The summed E-state index contributed by atoms with van der Waals surface area (Å²) < 4.78 is 30.1. The molecule has 0 aromatic rings. The molecular weight excluding hydrogens is 230 g/mol. The van der Waals surface area contributed by atoms with Crippen LogP contribution in [0.3, 0.4) is 0 Å². The number of alkyl halides is 2. The quantitative estimate of drug-likeness (QED) is 0.719. The molecule has 0 spiro atoms.